The molecule has 0 aromatic heterocycles. The number of rotatable bonds is 5. The predicted molar refractivity (Wildman–Crippen MR) is 89.7 cm³/mol. The second-order valence-corrected chi connectivity index (χ2v) is 5.33. The summed E-state index contributed by atoms with van der Waals surface area (Å²) in [6.45, 7) is 5.91. The lowest BCUT2D eigenvalue weighted by Crippen LogP contribution is -2.10. The summed E-state index contributed by atoms with van der Waals surface area (Å²) in [7, 11) is 4.07. The Labute approximate surface area is 126 Å². The Hall–Kier alpha value is -2.29. The second-order valence-electron chi connectivity index (χ2n) is 5.33. The van der Waals surface area contributed by atoms with Gasteiger partial charge in [0.05, 0.1) is 0 Å². The molecule has 0 saturated carbocycles. The number of aliphatic carboxylic acids is 1. The van der Waals surface area contributed by atoms with E-state index in [1.807, 2.05) is 33.2 Å². The number of hydrogen-bond donors (Lipinski definition) is 1. The molecule has 0 aliphatic carbocycles. The maximum atomic E-state index is 10.5. The zero-order valence-electron chi connectivity index (χ0n) is 13.3. The quantitative estimate of drug-likeness (QED) is 0.655. The van der Waals surface area contributed by atoms with Crippen molar-refractivity contribution in [2.24, 2.45) is 0 Å². The van der Waals surface area contributed by atoms with Gasteiger partial charge < -0.3 is 10.0 Å². The summed E-state index contributed by atoms with van der Waals surface area (Å²) in [5.41, 5.74) is 5.47. The maximum Gasteiger partial charge on any atom is 0.328 e. The molecule has 1 N–H and O–H groups in total. The lowest BCUT2D eigenvalue weighted by molar-refractivity contribution is -0.131. The SMILES string of the molecule is CC(/C=C/C=C(\C)c1ccc(N(C)C)c(C)c1)=C\C(=O)O. The molecule has 0 aliphatic rings. The Kier molecular flexibility index (Phi) is 5.97. The van der Waals surface area contributed by atoms with Crippen LogP contribution in [0, 0.1) is 6.92 Å². The number of allylic oxidation sites excluding steroid dienone is 5. The van der Waals surface area contributed by atoms with Crippen molar-refractivity contribution in [1.82, 2.24) is 0 Å². The zero-order valence-corrected chi connectivity index (χ0v) is 13.3. The highest BCUT2D eigenvalue weighted by atomic mass is 16.4. The van der Waals surface area contributed by atoms with Gasteiger partial charge in [-0.15, -0.1) is 0 Å². The van der Waals surface area contributed by atoms with Crippen LogP contribution in [0.4, 0.5) is 5.69 Å². The Morgan fingerprint density at radius 3 is 2.43 bits per heavy atom. The highest BCUT2D eigenvalue weighted by Crippen LogP contribution is 2.23. The lowest BCUT2D eigenvalue weighted by Gasteiger charge is -2.16. The fourth-order valence-corrected chi connectivity index (χ4v) is 2.09. The number of carboxylic acid groups (broad SMARTS) is 1. The van der Waals surface area contributed by atoms with Gasteiger partial charge in [-0.1, -0.05) is 24.3 Å². The Balaban J connectivity index is 2.91. The Morgan fingerprint density at radius 2 is 1.90 bits per heavy atom. The molecule has 0 spiro atoms. The van der Waals surface area contributed by atoms with Gasteiger partial charge >= 0.3 is 5.97 Å². The summed E-state index contributed by atoms with van der Waals surface area (Å²) in [5.74, 6) is -0.923. The number of hydrogen-bond acceptors (Lipinski definition) is 2. The average molecular weight is 285 g/mol. The molecular weight excluding hydrogens is 262 g/mol. The molecule has 0 radical (unpaired) electrons. The number of nitrogens with zero attached hydrogens (tertiary/aromatic N) is 1. The molecule has 3 heteroatoms. The van der Waals surface area contributed by atoms with Crippen LogP contribution in [-0.2, 0) is 4.79 Å². The molecule has 1 rings (SSSR count). The third-order valence-electron chi connectivity index (χ3n) is 3.19. The number of benzene rings is 1. The van der Waals surface area contributed by atoms with E-state index in [0.717, 1.165) is 5.57 Å². The smallest absolute Gasteiger partial charge is 0.328 e. The fourth-order valence-electron chi connectivity index (χ4n) is 2.09. The topological polar surface area (TPSA) is 40.5 Å². The van der Waals surface area contributed by atoms with Crippen LogP contribution < -0.4 is 4.90 Å². The molecule has 0 heterocycles. The van der Waals surface area contributed by atoms with E-state index in [0.29, 0.717) is 5.57 Å². The van der Waals surface area contributed by atoms with Crippen LogP contribution in [0.3, 0.4) is 0 Å². The molecule has 0 saturated heterocycles. The van der Waals surface area contributed by atoms with Gasteiger partial charge in [-0.3, -0.25) is 0 Å². The predicted octanol–water partition coefficient (Wildman–Crippen LogP) is 4.05. The Morgan fingerprint density at radius 1 is 1.24 bits per heavy atom. The molecule has 0 fully saturated rings. The van der Waals surface area contributed by atoms with Gasteiger partial charge in [0.15, 0.2) is 0 Å². The van der Waals surface area contributed by atoms with E-state index in [4.69, 9.17) is 5.11 Å². The summed E-state index contributed by atoms with van der Waals surface area (Å²) in [6.07, 6.45) is 6.84. The molecule has 0 amide bonds. The minimum atomic E-state index is -0.923. The van der Waals surface area contributed by atoms with Crippen LogP contribution in [0.2, 0.25) is 0 Å². The number of carboxylic acids is 1. The van der Waals surface area contributed by atoms with Crippen molar-refractivity contribution in [3.63, 3.8) is 0 Å². The van der Waals surface area contributed by atoms with E-state index in [-0.39, 0.29) is 0 Å². The molecule has 3 nitrogen and oxygen atoms in total. The van der Waals surface area contributed by atoms with Gasteiger partial charge in [0.2, 0.25) is 0 Å². The Bertz CT molecular complexity index is 608. The van der Waals surface area contributed by atoms with E-state index in [1.165, 1.54) is 22.9 Å². The molecular formula is C18H23NO2. The molecule has 1 aromatic carbocycles. The van der Waals surface area contributed by atoms with Crippen LogP contribution in [-0.4, -0.2) is 25.2 Å². The molecule has 21 heavy (non-hydrogen) atoms. The number of carbonyl (C=O) groups is 1. The summed E-state index contributed by atoms with van der Waals surface area (Å²) < 4.78 is 0. The highest BCUT2D eigenvalue weighted by molar-refractivity contribution is 5.81. The first-order valence-electron chi connectivity index (χ1n) is 6.86. The summed E-state index contributed by atoms with van der Waals surface area (Å²) in [5, 5.41) is 8.64. The molecule has 0 atom stereocenters. The van der Waals surface area contributed by atoms with E-state index < -0.39 is 5.97 Å². The van der Waals surface area contributed by atoms with Crippen LogP contribution in [0.5, 0.6) is 0 Å². The van der Waals surface area contributed by atoms with Crippen molar-refractivity contribution < 1.29 is 9.90 Å². The van der Waals surface area contributed by atoms with Gasteiger partial charge in [0.25, 0.3) is 0 Å². The van der Waals surface area contributed by atoms with Crippen molar-refractivity contribution in [1.29, 1.82) is 0 Å². The van der Waals surface area contributed by atoms with Crippen molar-refractivity contribution in [3.05, 3.63) is 59.2 Å². The first-order chi connectivity index (χ1) is 9.81. The van der Waals surface area contributed by atoms with E-state index in [9.17, 15) is 4.79 Å². The van der Waals surface area contributed by atoms with Crippen LogP contribution >= 0.6 is 0 Å². The van der Waals surface area contributed by atoms with Gasteiger partial charge in [0, 0.05) is 25.9 Å². The second kappa shape index (κ2) is 7.48. The summed E-state index contributed by atoms with van der Waals surface area (Å²) in [6, 6.07) is 6.37. The van der Waals surface area contributed by atoms with E-state index >= 15 is 0 Å². The minimum Gasteiger partial charge on any atom is -0.478 e. The van der Waals surface area contributed by atoms with Gasteiger partial charge in [0.1, 0.15) is 0 Å². The highest BCUT2D eigenvalue weighted by Gasteiger charge is 2.02. The van der Waals surface area contributed by atoms with Gasteiger partial charge in [-0.05, 0) is 55.2 Å². The van der Waals surface area contributed by atoms with Gasteiger partial charge in [-0.25, -0.2) is 4.79 Å². The third kappa shape index (κ3) is 5.30. The molecule has 0 bridgehead atoms. The number of anilines is 1. The maximum absolute atomic E-state index is 10.5. The first kappa shape index (κ1) is 16.8. The molecule has 1 aromatic rings. The fraction of sp³-hybridized carbons (Fsp3) is 0.278. The monoisotopic (exact) mass is 285 g/mol. The van der Waals surface area contributed by atoms with Crippen LogP contribution in [0.25, 0.3) is 5.57 Å². The van der Waals surface area contributed by atoms with Crippen molar-refractivity contribution in [2.75, 3.05) is 19.0 Å². The molecule has 112 valence electrons. The third-order valence-corrected chi connectivity index (χ3v) is 3.19. The van der Waals surface area contributed by atoms with Crippen molar-refractivity contribution in [2.45, 2.75) is 20.8 Å². The van der Waals surface area contributed by atoms with Crippen molar-refractivity contribution in [3.8, 4) is 0 Å². The first-order valence-corrected chi connectivity index (χ1v) is 6.86. The van der Waals surface area contributed by atoms with Crippen molar-refractivity contribution >= 4 is 17.2 Å². The average Bonchev–Trinajstić information content (AvgIpc) is 2.36. The zero-order chi connectivity index (χ0) is 16.0. The molecule has 0 unspecified atom stereocenters. The largest absolute Gasteiger partial charge is 0.478 e. The summed E-state index contributed by atoms with van der Waals surface area (Å²) >= 11 is 0. The standard InChI is InChI=1S/C18H23NO2/c1-13(11-18(20)21)7-6-8-14(2)16-9-10-17(19(4)5)15(3)12-16/h6-12H,1-5H3,(H,20,21)/b7-6+,13-11+,14-8+. The van der Waals surface area contributed by atoms with Crippen LogP contribution in [0.1, 0.15) is 25.0 Å². The minimum absolute atomic E-state index is 0.714. The van der Waals surface area contributed by atoms with E-state index in [2.05, 4.69) is 30.0 Å². The van der Waals surface area contributed by atoms with Gasteiger partial charge in [-0.2, -0.15) is 0 Å². The lowest BCUT2D eigenvalue weighted by atomic mass is 10.0. The summed E-state index contributed by atoms with van der Waals surface area (Å²) in [4.78, 5) is 12.6. The normalized spacial score (nSPS) is 12.8. The van der Waals surface area contributed by atoms with Crippen LogP contribution in [0.15, 0.2) is 48.1 Å². The number of aryl methyl sites for hydroxylation is 1. The van der Waals surface area contributed by atoms with E-state index in [1.54, 1.807) is 13.0 Å². The molecule has 0 aliphatic heterocycles.